The van der Waals surface area contributed by atoms with Crippen LogP contribution < -0.4 is 14.8 Å². The van der Waals surface area contributed by atoms with Gasteiger partial charge in [0.1, 0.15) is 5.75 Å². The number of sulfonamides is 1. The topological polar surface area (TPSA) is 67.4 Å². The number of nitrogens with one attached hydrogen (secondary N) is 2. The smallest absolute Gasteiger partial charge is 0.240 e. The van der Waals surface area contributed by atoms with Gasteiger partial charge in [-0.05, 0) is 62.5 Å². The van der Waals surface area contributed by atoms with Gasteiger partial charge in [-0.3, -0.25) is 0 Å². The molecular weight excluding hydrogens is 288 g/mol. The molecule has 1 saturated carbocycles. The van der Waals surface area contributed by atoms with Crippen molar-refractivity contribution in [2.24, 2.45) is 5.92 Å². The number of hydrogen-bond donors (Lipinski definition) is 2. The van der Waals surface area contributed by atoms with E-state index in [-0.39, 0.29) is 0 Å². The second-order valence-corrected chi connectivity index (χ2v) is 7.09. The Morgan fingerprint density at radius 2 is 1.95 bits per heavy atom. The molecule has 6 heteroatoms. The van der Waals surface area contributed by atoms with Crippen molar-refractivity contribution in [3.63, 3.8) is 0 Å². The van der Waals surface area contributed by atoms with Gasteiger partial charge in [-0.15, -0.1) is 0 Å². The molecule has 0 saturated heterocycles. The van der Waals surface area contributed by atoms with Crippen molar-refractivity contribution in [2.45, 2.75) is 31.1 Å². The predicted molar refractivity (Wildman–Crippen MR) is 83.0 cm³/mol. The first kappa shape index (κ1) is 16.3. The summed E-state index contributed by atoms with van der Waals surface area (Å²) < 4.78 is 32.3. The zero-order chi connectivity index (χ0) is 15.1. The van der Waals surface area contributed by atoms with E-state index in [2.05, 4.69) is 17.0 Å². The lowest BCUT2D eigenvalue weighted by molar-refractivity contribution is 0.308. The van der Waals surface area contributed by atoms with Crippen LogP contribution in [-0.2, 0) is 10.0 Å². The van der Waals surface area contributed by atoms with Crippen molar-refractivity contribution >= 4 is 10.0 Å². The van der Waals surface area contributed by atoms with Crippen LogP contribution in [0.5, 0.6) is 5.75 Å². The second kappa shape index (κ2) is 7.77. The minimum Gasteiger partial charge on any atom is -0.494 e. The fourth-order valence-electron chi connectivity index (χ4n) is 1.91. The Morgan fingerprint density at radius 1 is 1.24 bits per heavy atom. The summed E-state index contributed by atoms with van der Waals surface area (Å²) in [6.45, 7) is 5.12. The normalized spacial score (nSPS) is 15.1. The van der Waals surface area contributed by atoms with E-state index in [0.29, 0.717) is 29.7 Å². The van der Waals surface area contributed by atoms with Gasteiger partial charge in [0, 0.05) is 6.54 Å². The monoisotopic (exact) mass is 312 g/mol. The van der Waals surface area contributed by atoms with Crippen LogP contribution in [0.4, 0.5) is 0 Å². The summed E-state index contributed by atoms with van der Waals surface area (Å²) in [7, 11) is -3.38. The molecule has 0 aliphatic heterocycles. The van der Waals surface area contributed by atoms with Crippen molar-refractivity contribution in [1.82, 2.24) is 10.0 Å². The van der Waals surface area contributed by atoms with Gasteiger partial charge in [-0.2, -0.15) is 0 Å². The van der Waals surface area contributed by atoms with Crippen LogP contribution in [0.2, 0.25) is 0 Å². The van der Waals surface area contributed by atoms with Crippen molar-refractivity contribution in [3.05, 3.63) is 24.3 Å². The van der Waals surface area contributed by atoms with Gasteiger partial charge < -0.3 is 10.1 Å². The maximum atomic E-state index is 12.0. The first-order chi connectivity index (χ1) is 10.1. The number of benzene rings is 1. The standard InChI is InChI=1S/C15H24N2O3S/c1-2-16-10-3-11-20-14-6-8-15(9-7-14)21(18,19)17-12-13-4-5-13/h6-9,13,16-17H,2-5,10-12H2,1H3. The van der Waals surface area contributed by atoms with E-state index in [0.717, 1.165) is 32.4 Å². The molecule has 118 valence electrons. The predicted octanol–water partition coefficient (Wildman–Crippen LogP) is 1.75. The maximum Gasteiger partial charge on any atom is 0.240 e. The molecule has 0 amide bonds. The molecule has 1 aromatic carbocycles. The fourth-order valence-corrected chi connectivity index (χ4v) is 3.03. The molecule has 1 aliphatic rings. The van der Waals surface area contributed by atoms with Crippen LogP contribution in [0.1, 0.15) is 26.2 Å². The summed E-state index contributed by atoms with van der Waals surface area (Å²) in [6.07, 6.45) is 3.18. The molecule has 1 fully saturated rings. The lowest BCUT2D eigenvalue weighted by atomic mass is 10.3. The fraction of sp³-hybridized carbons (Fsp3) is 0.600. The summed E-state index contributed by atoms with van der Waals surface area (Å²) in [5.41, 5.74) is 0. The van der Waals surface area contributed by atoms with E-state index in [1.165, 1.54) is 0 Å². The van der Waals surface area contributed by atoms with Gasteiger partial charge >= 0.3 is 0 Å². The first-order valence-corrected chi connectivity index (χ1v) is 9.03. The van der Waals surface area contributed by atoms with Crippen molar-refractivity contribution in [2.75, 3.05) is 26.2 Å². The van der Waals surface area contributed by atoms with E-state index < -0.39 is 10.0 Å². The summed E-state index contributed by atoms with van der Waals surface area (Å²) >= 11 is 0. The van der Waals surface area contributed by atoms with Gasteiger partial charge in [0.25, 0.3) is 0 Å². The Morgan fingerprint density at radius 3 is 2.57 bits per heavy atom. The Hall–Kier alpha value is -1.11. The number of rotatable bonds is 10. The van der Waals surface area contributed by atoms with E-state index >= 15 is 0 Å². The SMILES string of the molecule is CCNCCCOc1ccc(S(=O)(=O)NCC2CC2)cc1. The maximum absolute atomic E-state index is 12.0. The minimum atomic E-state index is -3.38. The molecule has 1 aromatic rings. The van der Waals surface area contributed by atoms with E-state index in [1.807, 2.05) is 0 Å². The molecule has 0 bridgehead atoms. The van der Waals surface area contributed by atoms with Gasteiger partial charge in [0.05, 0.1) is 11.5 Å². The molecule has 21 heavy (non-hydrogen) atoms. The molecule has 0 radical (unpaired) electrons. The molecule has 0 unspecified atom stereocenters. The zero-order valence-electron chi connectivity index (χ0n) is 12.5. The number of hydrogen-bond acceptors (Lipinski definition) is 4. The van der Waals surface area contributed by atoms with E-state index in [4.69, 9.17) is 4.74 Å². The molecule has 1 aliphatic carbocycles. The highest BCUT2D eigenvalue weighted by Crippen LogP contribution is 2.28. The minimum absolute atomic E-state index is 0.295. The highest BCUT2D eigenvalue weighted by atomic mass is 32.2. The Bertz CT molecular complexity index is 524. The van der Waals surface area contributed by atoms with Crippen molar-refractivity contribution in [3.8, 4) is 5.75 Å². The largest absolute Gasteiger partial charge is 0.494 e. The molecule has 0 aromatic heterocycles. The van der Waals surface area contributed by atoms with Crippen LogP contribution in [-0.4, -0.2) is 34.7 Å². The third kappa shape index (κ3) is 5.65. The molecule has 5 nitrogen and oxygen atoms in total. The quantitative estimate of drug-likeness (QED) is 0.646. The van der Waals surface area contributed by atoms with Crippen molar-refractivity contribution in [1.29, 1.82) is 0 Å². The van der Waals surface area contributed by atoms with Crippen LogP contribution in [0, 0.1) is 5.92 Å². The second-order valence-electron chi connectivity index (χ2n) is 5.32. The summed E-state index contributed by atoms with van der Waals surface area (Å²) in [6, 6.07) is 6.60. The van der Waals surface area contributed by atoms with E-state index in [1.54, 1.807) is 24.3 Å². The highest BCUT2D eigenvalue weighted by Gasteiger charge is 2.24. The average Bonchev–Trinajstić information content (AvgIpc) is 3.30. The van der Waals surface area contributed by atoms with Crippen molar-refractivity contribution < 1.29 is 13.2 Å². The molecular formula is C15H24N2O3S. The Balaban J connectivity index is 1.80. The first-order valence-electron chi connectivity index (χ1n) is 7.55. The van der Waals surface area contributed by atoms with Gasteiger partial charge in [0.2, 0.25) is 10.0 Å². The molecule has 2 N–H and O–H groups in total. The Kier molecular flexibility index (Phi) is 6.02. The van der Waals surface area contributed by atoms with Crippen LogP contribution >= 0.6 is 0 Å². The molecule has 0 spiro atoms. The Labute approximate surface area is 127 Å². The van der Waals surface area contributed by atoms with E-state index in [9.17, 15) is 8.42 Å². The molecule has 2 rings (SSSR count). The highest BCUT2D eigenvalue weighted by molar-refractivity contribution is 7.89. The van der Waals surface area contributed by atoms with Crippen LogP contribution in [0.3, 0.4) is 0 Å². The summed E-state index contributed by atoms with van der Waals surface area (Å²) in [5.74, 6) is 1.23. The lowest BCUT2D eigenvalue weighted by Gasteiger charge is -2.09. The molecule has 0 heterocycles. The third-order valence-corrected chi connectivity index (χ3v) is 4.85. The van der Waals surface area contributed by atoms with Crippen LogP contribution in [0.15, 0.2) is 29.2 Å². The average molecular weight is 312 g/mol. The summed E-state index contributed by atoms with van der Waals surface area (Å²) in [5, 5.41) is 3.22. The van der Waals surface area contributed by atoms with Crippen LogP contribution in [0.25, 0.3) is 0 Å². The summed E-state index contributed by atoms with van der Waals surface area (Å²) in [4.78, 5) is 0.295. The number of ether oxygens (including phenoxy) is 1. The molecule has 0 atom stereocenters. The lowest BCUT2D eigenvalue weighted by Crippen LogP contribution is -2.25. The van der Waals surface area contributed by atoms with Gasteiger partial charge in [-0.1, -0.05) is 6.92 Å². The zero-order valence-corrected chi connectivity index (χ0v) is 13.3. The third-order valence-electron chi connectivity index (χ3n) is 3.41. The van der Waals surface area contributed by atoms with Gasteiger partial charge in [0.15, 0.2) is 0 Å². The van der Waals surface area contributed by atoms with Gasteiger partial charge in [-0.25, -0.2) is 13.1 Å².